The lowest BCUT2D eigenvalue weighted by molar-refractivity contribution is -0.117. The Bertz CT molecular complexity index is 1070. The molecule has 182 valence electrons. The van der Waals surface area contributed by atoms with Crippen LogP contribution in [0.3, 0.4) is 0 Å². The lowest BCUT2D eigenvalue weighted by Crippen LogP contribution is -2.44. The molecule has 0 spiro atoms. The van der Waals surface area contributed by atoms with E-state index in [-0.39, 0.29) is 43.7 Å². The maximum atomic E-state index is 13.3. The van der Waals surface area contributed by atoms with E-state index in [9.17, 15) is 18.4 Å². The van der Waals surface area contributed by atoms with Crippen LogP contribution in [0.5, 0.6) is 0 Å². The molecule has 1 fully saturated rings. The zero-order valence-electron chi connectivity index (χ0n) is 19.4. The summed E-state index contributed by atoms with van der Waals surface area (Å²) in [6.07, 6.45) is 0.154. The molecule has 0 bridgehead atoms. The zero-order valence-corrected chi connectivity index (χ0v) is 19.4. The van der Waals surface area contributed by atoms with Gasteiger partial charge in [-0.25, -0.2) is 18.6 Å². The van der Waals surface area contributed by atoms with Crippen molar-refractivity contribution in [1.29, 1.82) is 0 Å². The van der Waals surface area contributed by atoms with E-state index in [1.807, 2.05) is 37.9 Å². The van der Waals surface area contributed by atoms with Gasteiger partial charge in [0.05, 0.1) is 5.69 Å². The molecule has 1 aliphatic carbocycles. The molecular weight excluding hydrogens is 444 g/mol. The van der Waals surface area contributed by atoms with E-state index in [1.165, 1.54) is 0 Å². The smallest absolute Gasteiger partial charge is 0.319 e. The molecule has 1 aliphatic heterocycles. The van der Waals surface area contributed by atoms with E-state index in [0.29, 0.717) is 35.4 Å². The number of benzene rings is 1. The Balaban J connectivity index is 1.31. The van der Waals surface area contributed by atoms with Crippen LogP contribution in [0, 0.1) is 6.92 Å². The van der Waals surface area contributed by atoms with Gasteiger partial charge in [0.25, 0.3) is 0 Å². The summed E-state index contributed by atoms with van der Waals surface area (Å²) in [6.45, 7) is 4.10. The highest BCUT2D eigenvalue weighted by atomic mass is 19.3. The Hall–Kier alpha value is -3.50. The lowest BCUT2D eigenvalue weighted by atomic mass is 9.92. The number of aryl methyl sites for hydroxylation is 1. The van der Waals surface area contributed by atoms with Crippen molar-refractivity contribution in [3.63, 3.8) is 0 Å². The number of urea groups is 1. The van der Waals surface area contributed by atoms with E-state index in [1.54, 1.807) is 12.1 Å². The summed E-state index contributed by atoms with van der Waals surface area (Å²) >= 11 is 0. The van der Waals surface area contributed by atoms with Gasteiger partial charge in [-0.15, -0.1) is 0 Å². The second-order valence-electron chi connectivity index (χ2n) is 8.89. The largest absolute Gasteiger partial charge is 0.350 e. The third kappa shape index (κ3) is 5.35. The maximum Gasteiger partial charge on any atom is 0.319 e. The van der Waals surface area contributed by atoms with E-state index in [0.717, 1.165) is 5.56 Å². The highest BCUT2D eigenvalue weighted by Gasteiger charge is 2.35. The molecule has 0 saturated heterocycles. The Morgan fingerprint density at radius 3 is 2.56 bits per heavy atom. The van der Waals surface area contributed by atoms with Crippen molar-refractivity contribution in [1.82, 2.24) is 15.3 Å². The van der Waals surface area contributed by atoms with Crippen LogP contribution in [0.1, 0.15) is 43.9 Å². The first-order valence-electron chi connectivity index (χ1n) is 11.3. The molecule has 4 rings (SSSR count). The molecule has 1 aromatic carbocycles. The highest BCUT2D eigenvalue weighted by Crippen LogP contribution is 2.33. The Kier molecular flexibility index (Phi) is 6.54. The third-order valence-corrected chi connectivity index (χ3v) is 6.33. The summed E-state index contributed by atoms with van der Waals surface area (Å²) in [4.78, 5) is 35.1. The molecule has 4 N–H and O–H groups in total. The fraction of sp³-hybridized carbons (Fsp3) is 0.478. The minimum atomic E-state index is -2.62. The number of amides is 3. The molecule has 0 unspecified atom stereocenters. The van der Waals surface area contributed by atoms with Gasteiger partial charge in [-0.2, -0.15) is 4.98 Å². The molecule has 0 radical (unpaired) electrons. The molecule has 1 saturated carbocycles. The SMILES string of the molecule is Cc1nc(NCc2ccc(NC(=O)NC3CCC(F)(F)CC3)cc2)nc2c1NC(=O)[C@H](C)N2C. The number of fused-ring (bicyclic) bond motifs is 1. The van der Waals surface area contributed by atoms with Crippen LogP contribution in [0.15, 0.2) is 24.3 Å². The standard InChI is InChI=1S/C23H29F2N7O2/c1-13-18-19(32(3)14(2)20(33)30-18)31-21(27-13)26-12-15-4-6-16(7-5-15)28-22(34)29-17-8-10-23(24,25)11-9-17/h4-7,14,17H,8-12H2,1-3H3,(H,30,33)(H,26,27,31)(H2,28,29,34)/t14-/m0/s1. The first kappa shape index (κ1) is 23.7. The topological polar surface area (TPSA) is 111 Å². The molecule has 2 aliphatic rings. The first-order chi connectivity index (χ1) is 16.1. The van der Waals surface area contributed by atoms with Crippen LogP contribution in [0.25, 0.3) is 0 Å². The number of alkyl halides is 2. The highest BCUT2D eigenvalue weighted by molar-refractivity contribution is 6.03. The molecular formula is C23H29F2N7O2. The molecule has 11 heteroatoms. The van der Waals surface area contributed by atoms with Crippen LogP contribution in [-0.4, -0.2) is 47.0 Å². The summed E-state index contributed by atoms with van der Waals surface area (Å²) < 4.78 is 26.5. The van der Waals surface area contributed by atoms with Crippen molar-refractivity contribution in [2.75, 3.05) is 27.9 Å². The quantitative estimate of drug-likeness (QED) is 0.525. The predicted molar refractivity (Wildman–Crippen MR) is 126 cm³/mol. The normalized spacial score (nSPS) is 19.7. The number of carbonyl (C=O) groups excluding carboxylic acids is 2. The molecule has 2 aromatic rings. The van der Waals surface area contributed by atoms with E-state index in [2.05, 4.69) is 31.2 Å². The Morgan fingerprint density at radius 2 is 1.88 bits per heavy atom. The average molecular weight is 474 g/mol. The van der Waals surface area contributed by atoms with Crippen LogP contribution in [-0.2, 0) is 11.3 Å². The summed E-state index contributed by atoms with van der Waals surface area (Å²) in [5.74, 6) is -1.60. The number of hydrogen-bond donors (Lipinski definition) is 4. The van der Waals surface area contributed by atoms with Crippen LogP contribution >= 0.6 is 0 Å². The number of nitrogens with zero attached hydrogens (tertiary/aromatic N) is 3. The summed E-state index contributed by atoms with van der Waals surface area (Å²) in [6, 6.07) is 6.31. The second-order valence-corrected chi connectivity index (χ2v) is 8.89. The minimum Gasteiger partial charge on any atom is -0.350 e. The number of halogens is 2. The monoisotopic (exact) mass is 473 g/mol. The van der Waals surface area contributed by atoms with E-state index < -0.39 is 12.0 Å². The zero-order chi connectivity index (χ0) is 24.5. The van der Waals surface area contributed by atoms with Crippen molar-refractivity contribution in [3.05, 3.63) is 35.5 Å². The fourth-order valence-corrected chi connectivity index (χ4v) is 4.05. The molecule has 1 aromatic heterocycles. The van der Waals surface area contributed by atoms with Crippen molar-refractivity contribution in [2.45, 2.75) is 64.1 Å². The number of likely N-dealkylation sites (N-methyl/N-ethyl adjacent to an activating group) is 1. The molecule has 3 amide bonds. The number of nitrogens with one attached hydrogen (secondary N) is 4. The van der Waals surface area contributed by atoms with Gasteiger partial charge >= 0.3 is 6.03 Å². The maximum absolute atomic E-state index is 13.3. The van der Waals surface area contributed by atoms with E-state index in [4.69, 9.17) is 0 Å². The number of anilines is 4. The van der Waals surface area contributed by atoms with Gasteiger partial charge in [0.15, 0.2) is 5.82 Å². The van der Waals surface area contributed by atoms with Gasteiger partial charge < -0.3 is 26.2 Å². The van der Waals surface area contributed by atoms with E-state index >= 15 is 0 Å². The summed E-state index contributed by atoms with van der Waals surface area (Å²) in [7, 11) is 1.82. The van der Waals surface area contributed by atoms with Gasteiger partial charge in [0.1, 0.15) is 11.7 Å². The first-order valence-corrected chi connectivity index (χ1v) is 11.3. The van der Waals surface area contributed by atoms with Gasteiger partial charge in [0.2, 0.25) is 17.8 Å². The van der Waals surface area contributed by atoms with Crippen LogP contribution in [0.4, 0.5) is 36.7 Å². The van der Waals surface area contributed by atoms with Crippen LogP contribution in [0.2, 0.25) is 0 Å². The fourth-order valence-electron chi connectivity index (χ4n) is 4.05. The van der Waals surface area contributed by atoms with Crippen molar-refractivity contribution in [2.24, 2.45) is 0 Å². The Labute approximate surface area is 196 Å². The summed E-state index contributed by atoms with van der Waals surface area (Å²) in [5.41, 5.74) is 2.85. The molecule has 9 nitrogen and oxygen atoms in total. The lowest BCUT2D eigenvalue weighted by Gasteiger charge is -2.32. The summed E-state index contributed by atoms with van der Waals surface area (Å²) in [5, 5.41) is 11.6. The van der Waals surface area contributed by atoms with Crippen molar-refractivity contribution >= 4 is 35.1 Å². The van der Waals surface area contributed by atoms with Crippen molar-refractivity contribution < 1.29 is 18.4 Å². The van der Waals surface area contributed by atoms with Crippen LogP contribution < -0.4 is 26.2 Å². The minimum absolute atomic E-state index is 0.0925. The predicted octanol–water partition coefficient (Wildman–Crippen LogP) is 3.87. The second kappa shape index (κ2) is 9.40. The van der Waals surface area contributed by atoms with Gasteiger partial charge in [-0.3, -0.25) is 4.79 Å². The molecule has 34 heavy (non-hydrogen) atoms. The van der Waals surface area contributed by atoms with Crippen molar-refractivity contribution in [3.8, 4) is 0 Å². The molecule has 2 heterocycles. The van der Waals surface area contributed by atoms with Gasteiger partial charge in [0, 0.05) is 38.2 Å². The average Bonchev–Trinajstić information content (AvgIpc) is 2.79. The number of carbonyl (C=O) groups is 2. The van der Waals surface area contributed by atoms with Gasteiger partial charge in [-0.05, 0) is 44.4 Å². The van der Waals surface area contributed by atoms with Gasteiger partial charge in [-0.1, -0.05) is 12.1 Å². The molecule has 1 atom stereocenters. The number of rotatable bonds is 5. The number of aromatic nitrogens is 2. The number of hydrogen-bond acceptors (Lipinski definition) is 6. The third-order valence-electron chi connectivity index (χ3n) is 6.33. The Morgan fingerprint density at radius 1 is 1.21 bits per heavy atom.